The fourth-order valence-electron chi connectivity index (χ4n) is 1.94. The van der Waals surface area contributed by atoms with Gasteiger partial charge in [-0.15, -0.1) is 0 Å². The maximum absolute atomic E-state index is 13.4. The van der Waals surface area contributed by atoms with E-state index in [-0.39, 0.29) is 0 Å². The highest BCUT2D eigenvalue weighted by atomic mass is 19.4. The summed E-state index contributed by atoms with van der Waals surface area (Å²) in [5.74, 6) is -40.8. The first-order valence-corrected chi connectivity index (χ1v) is 7.25. The van der Waals surface area contributed by atoms with E-state index in [4.69, 9.17) is 5.11 Å². The highest BCUT2D eigenvalue weighted by molar-refractivity contribution is 5.11. The SMILES string of the molecule is CCCC(F)(F)C(F)(F)C(F)(F)C(F)(F)C(F)(F)C(F)(F)CCCCO. The molecule has 13 heteroatoms. The number of halogens is 12. The predicted molar refractivity (Wildman–Crippen MR) is 65.5 cm³/mol. The smallest absolute Gasteiger partial charge is 0.384 e. The third-order valence-corrected chi connectivity index (χ3v) is 3.56. The zero-order valence-electron chi connectivity index (χ0n) is 13.2. The lowest BCUT2D eigenvalue weighted by molar-refractivity contribution is -0.425. The van der Waals surface area contributed by atoms with Crippen LogP contribution in [-0.4, -0.2) is 47.2 Å². The van der Waals surface area contributed by atoms with E-state index in [9.17, 15) is 52.7 Å². The zero-order valence-corrected chi connectivity index (χ0v) is 13.2. The Hall–Kier alpha value is -0.880. The van der Waals surface area contributed by atoms with Crippen molar-refractivity contribution >= 4 is 0 Å². The summed E-state index contributed by atoms with van der Waals surface area (Å²) in [6.07, 6.45) is -6.77. The molecule has 0 saturated carbocycles. The van der Waals surface area contributed by atoms with Crippen LogP contribution in [0.4, 0.5) is 52.7 Å². The number of alkyl halides is 12. The van der Waals surface area contributed by atoms with Crippen LogP contribution in [0, 0.1) is 0 Å². The minimum absolute atomic E-state index is 0.599. The molecular formula is C13H16F12O. The van der Waals surface area contributed by atoms with Gasteiger partial charge >= 0.3 is 35.5 Å². The summed E-state index contributed by atoms with van der Waals surface area (Å²) in [5.41, 5.74) is 0. The van der Waals surface area contributed by atoms with Gasteiger partial charge in [-0.25, -0.2) is 0 Å². The van der Waals surface area contributed by atoms with E-state index in [0.717, 1.165) is 6.92 Å². The van der Waals surface area contributed by atoms with Gasteiger partial charge in [-0.05, 0) is 12.8 Å². The van der Waals surface area contributed by atoms with Gasteiger partial charge in [0.1, 0.15) is 0 Å². The molecule has 1 N–H and O–H groups in total. The molecule has 0 aromatic rings. The van der Waals surface area contributed by atoms with E-state index < -0.39 is 74.2 Å². The first-order chi connectivity index (χ1) is 11.4. The van der Waals surface area contributed by atoms with Crippen molar-refractivity contribution in [1.29, 1.82) is 0 Å². The van der Waals surface area contributed by atoms with Crippen molar-refractivity contribution in [3.05, 3.63) is 0 Å². The van der Waals surface area contributed by atoms with Crippen molar-refractivity contribution in [3.8, 4) is 0 Å². The van der Waals surface area contributed by atoms with Crippen molar-refractivity contribution in [2.45, 2.75) is 74.6 Å². The van der Waals surface area contributed by atoms with Gasteiger partial charge in [0, 0.05) is 19.4 Å². The zero-order chi connectivity index (χ0) is 21.2. The van der Waals surface area contributed by atoms with Gasteiger partial charge in [0.15, 0.2) is 0 Å². The summed E-state index contributed by atoms with van der Waals surface area (Å²) < 4.78 is 160. The second-order valence-corrected chi connectivity index (χ2v) is 5.64. The first kappa shape index (κ1) is 25.1. The van der Waals surface area contributed by atoms with Crippen LogP contribution in [0.2, 0.25) is 0 Å². The summed E-state index contributed by atoms with van der Waals surface area (Å²) in [4.78, 5) is 0. The third-order valence-electron chi connectivity index (χ3n) is 3.56. The number of aliphatic hydroxyl groups is 1. The van der Waals surface area contributed by atoms with Crippen LogP contribution in [0.1, 0.15) is 39.0 Å². The van der Waals surface area contributed by atoms with Crippen molar-refractivity contribution in [1.82, 2.24) is 0 Å². The molecule has 0 amide bonds. The highest BCUT2D eigenvalue weighted by Gasteiger charge is 2.89. The molecule has 158 valence electrons. The molecule has 26 heavy (non-hydrogen) atoms. The summed E-state index contributed by atoms with van der Waals surface area (Å²) in [5, 5.41) is 8.32. The Bertz CT molecular complexity index is 460. The van der Waals surface area contributed by atoms with Gasteiger partial charge in [-0.1, -0.05) is 13.3 Å². The van der Waals surface area contributed by atoms with Crippen LogP contribution in [0.15, 0.2) is 0 Å². The Morgan fingerprint density at radius 1 is 0.538 bits per heavy atom. The summed E-state index contributed by atoms with van der Waals surface area (Å²) in [6, 6.07) is 0. The molecule has 0 unspecified atom stereocenters. The Labute approximate surface area is 140 Å². The molecule has 0 aromatic heterocycles. The number of hydrogen-bond acceptors (Lipinski definition) is 1. The molecule has 0 radical (unpaired) electrons. The lowest BCUT2D eigenvalue weighted by Crippen LogP contribution is -2.70. The van der Waals surface area contributed by atoms with E-state index in [0.29, 0.717) is 0 Å². The molecule has 0 atom stereocenters. The highest BCUT2D eigenvalue weighted by Crippen LogP contribution is 2.61. The fraction of sp³-hybridized carbons (Fsp3) is 1.00. The van der Waals surface area contributed by atoms with Crippen LogP contribution < -0.4 is 0 Å². The molecule has 0 spiro atoms. The predicted octanol–water partition coefficient (Wildman–Crippen LogP) is 5.76. The average Bonchev–Trinajstić information content (AvgIpc) is 2.46. The van der Waals surface area contributed by atoms with Crippen LogP contribution in [0.5, 0.6) is 0 Å². The molecule has 0 heterocycles. The molecule has 0 bridgehead atoms. The molecule has 0 rings (SSSR count). The van der Waals surface area contributed by atoms with E-state index in [1.54, 1.807) is 0 Å². The second kappa shape index (κ2) is 7.63. The van der Waals surface area contributed by atoms with Gasteiger partial charge < -0.3 is 5.11 Å². The molecule has 0 aliphatic carbocycles. The topological polar surface area (TPSA) is 20.2 Å². The van der Waals surface area contributed by atoms with Gasteiger partial charge in [0.25, 0.3) is 0 Å². The summed E-state index contributed by atoms with van der Waals surface area (Å²) >= 11 is 0. The Morgan fingerprint density at radius 3 is 1.19 bits per heavy atom. The van der Waals surface area contributed by atoms with E-state index >= 15 is 0 Å². The molecule has 0 aliphatic heterocycles. The largest absolute Gasteiger partial charge is 0.396 e. The lowest BCUT2D eigenvalue weighted by Gasteiger charge is -2.41. The monoisotopic (exact) mass is 416 g/mol. The normalized spacial score (nSPS) is 15.5. The molecule has 0 aromatic carbocycles. The van der Waals surface area contributed by atoms with Crippen LogP contribution >= 0.6 is 0 Å². The molecular weight excluding hydrogens is 400 g/mol. The van der Waals surface area contributed by atoms with Gasteiger partial charge in [0.2, 0.25) is 0 Å². The molecule has 0 aliphatic rings. The van der Waals surface area contributed by atoms with Crippen LogP contribution in [-0.2, 0) is 0 Å². The van der Waals surface area contributed by atoms with Crippen molar-refractivity contribution < 1.29 is 57.8 Å². The van der Waals surface area contributed by atoms with Crippen molar-refractivity contribution in [3.63, 3.8) is 0 Å². The van der Waals surface area contributed by atoms with E-state index in [1.165, 1.54) is 0 Å². The van der Waals surface area contributed by atoms with Crippen molar-refractivity contribution in [2.24, 2.45) is 0 Å². The number of aliphatic hydroxyl groups excluding tert-OH is 1. The summed E-state index contributed by atoms with van der Waals surface area (Å²) in [7, 11) is 0. The van der Waals surface area contributed by atoms with Gasteiger partial charge in [-0.2, -0.15) is 52.7 Å². The van der Waals surface area contributed by atoms with E-state index in [1.807, 2.05) is 0 Å². The van der Waals surface area contributed by atoms with Gasteiger partial charge in [0.05, 0.1) is 0 Å². The Kier molecular flexibility index (Phi) is 7.37. The third kappa shape index (κ3) is 3.86. The number of rotatable bonds is 11. The minimum Gasteiger partial charge on any atom is -0.396 e. The Morgan fingerprint density at radius 2 is 0.885 bits per heavy atom. The number of unbranched alkanes of at least 4 members (excludes halogenated alkanes) is 1. The maximum Gasteiger partial charge on any atom is 0.384 e. The molecule has 0 saturated heterocycles. The van der Waals surface area contributed by atoms with Gasteiger partial charge in [-0.3, -0.25) is 0 Å². The van der Waals surface area contributed by atoms with Crippen LogP contribution in [0.3, 0.4) is 0 Å². The fourth-order valence-corrected chi connectivity index (χ4v) is 1.94. The minimum atomic E-state index is -7.50. The lowest BCUT2D eigenvalue weighted by atomic mass is 9.88. The second-order valence-electron chi connectivity index (χ2n) is 5.64. The quantitative estimate of drug-likeness (QED) is 0.335. The van der Waals surface area contributed by atoms with Crippen LogP contribution in [0.25, 0.3) is 0 Å². The van der Waals surface area contributed by atoms with E-state index in [2.05, 4.69) is 0 Å². The maximum atomic E-state index is 13.4. The molecule has 1 nitrogen and oxygen atoms in total. The Balaban J connectivity index is 6.01. The standard InChI is InChI=1S/C13H16F12O/c1-2-5-8(14,15)10(18,19)12(22,23)13(24,25)11(20,21)9(16,17)6-3-4-7-26/h26H,2-7H2,1H3. The summed E-state index contributed by atoms with van der Waals surface area (Å²) in [6.45, 7) is -0.0281. The first-order valence-electron chi connectivity index (χ1n) is 7.25. The van der Waals surface area contributed by atoms with Crippen molar-refractivity contribution in [2.75, 3.05) is 6.61 Å². The average molecular weight is 416 g/mol. The number of hydrogen-bond donors (Lipinski definition) is 1. The molecule has 0 fully saturated rings.